The molecule has 0 saturated carbocycles. The van der Waals surface area contributed by atoms with Gasteiger partial charge in [-0.3, -0.25) is 0 Å². The predicted molar refractivity (Wildman–Crippen MR) is 118 cm³/mol. The predicted octanol–water partition coefficient (Wildman–Crippen LogP) is 2.07. The third-order valence-corrected chi connectivity index (χ3v) is 7.02. The second kappa shape index (κ2) is 8.99. The maximum absolute atomic E-state index is 13.2. The summed E-state index contributed by atoms with van der Waals surface area (Å²) in [5.74, 6) is -2.58. The summed E-state index contributed by atoms with van der Waals surface area (Å²) >= 11 is 1.57. The van der Waals surface area contributed by atoms with Crippen LogP contribution in [0.15, 0.2) is 54.6 Å². The zero-order chi connectivity index (χ0) is 23.0. The SMILES string of the molecule is Cc1ccc(C2(O)O[C@H](CO)[C@@H](O)C(O)[C@H]2O)cc1Cc1ccc(-c2ccc(F)cc2)s1. The molecule has 2 heterocycles. The summed E-state index contributed by atoms with van der Waals surface area (Å²) in [5, 5.41) is 51.1. The van der Waals surface area contributed by atoms with Gasteiger partial charge in [0.25, 0.3) is 0 Å². The maximum Gasteiger partial charge on any atom is 0.222 e. The van der Waals surface area contributed by atoms with E-state index in [1.807, 2.05) is 19.1 Å². The maximum atomic E-state index is 13.2. The van der Waals surface area contributed by atoms with Crippen LogP contribution in [0.4, 0.5) is 4.39 Å². The first-order valence-electron chi connectivity index (χ1n) is 10.2. The van der Waals surface area contributed by atoms with Crippen LogP contribution < -0.4 is 0 Å². The van der Waals surface area contributed by atoms with E-state index in [1.165, 1.54) is 12.1 Å². The molecule has 5 atom stereocenters. The molecule has 0 radical (unpaired) electrons. The van der Waals surface area contributed by atoms with Gasteiger partial charge in [-0.25, -0.2) is 4.39 Å². The van der Waals surface area contributed by atoms with Crippen molar-refractivity contribution in [3.05, 3.63) is 82.0 Å². The minimum absolute atomic E-state index is 0.213. The number of hydrogen-bond donors (Lipinski definition) is 5. The molecular formula is C24H25FO6S. The van der Waals surface area contributed by atoms with Crippen molar-refractivity contribution in [1.29, 1.82) is 0 Å². The van der Waals surface area contributed by atoms with Gasteiger partial charge in [-0.05, 0) is 53.9 Å². The second-order valence-corrected chi connectivity index (χ2v) is 9.22. The highest BCUT2D eigenvalue weighted by molar-refractivity contribution is 7.15. The third-order valence-electron chi connectivity index (χ3n) is 5.88. The molecule has 170 valence electrons. The monoisotopic (exact) mass is 460 g/mol. The minimum Gasteiger partial charge on any atom is -0.394 e. The van der Waals surface area contributed by atoms with Crippen molar-refractivity contribution < 1.29 is 34.7 Å². The lowest BCUT2D eigenvalue weighted by Gasteiger charge is -2.45. The van der Waals surface area contributed by atoms with Crippen molar-refractivity contribution in [2.24, 2.45) is 0 Å². The summed E-state index contributed by atoms with van der Waals surface area (Å²) < 4.78 is 18.6. The normalized spacial score (nSPS) is 28.1. The van der Waals surface area contributed by atoms with Gasteiger partial charge < -0.3 is 30.3 Å². The van der Waals surface area contributed by atoms with Crippen LogP contribution in [-0.4, -0.2) is 56.6 Å². The van der Waals surface area contributed by atoms with E-state index in [2.05, 4.69) is 0 Å². The smallest absolute Gasteiger partial charge is 0.222 e. The van der Waals surface area contributed by atoms with Crippen LogP contribution in [0, 0.1) is 12.7 Å². The summed E-state index contributed by atoms with van der Waals surface area (Å²) in [6.07, 6.45) is -5.73. The molecule has 8 heteroatoms. The van der Waals surface area contributed by atoms with Gasteiger partial charge in [-0.1, -0.05) is 24.3 Å². The van der Waals surface area contributed by atoms with Crippen LogP contribution in [0.25, 0.3) is 10.4 Å². The highest BCUT2D eigenvalue weighted by atomic mass is 32.1. The molecule has 1 aliphatic heterocycles. The Morgan fingerprint density at radius 3 is 2.41 bits per heavy atom. The van der Waals surface area contributed by atoms with E-state index >= 15 is 0 Å². The van der Waals surface area contributed by atoms with Crippen molar-refractivity contribution in [1.82, 2.24) is 0 Å². The lowest BCUT2D eigenvalue weighted by atomic mass is 9.86. The Bertz CT molecular complexity index is 1080. The molecule has 2 unspecified atom stereocenters. The van der Waals surface area contributed by atoms with Crippen molar-refractivity contribution in [3.63, 3.8) is 0 Å². The van der Waals surface area contributed by atoms with Gasteiger partial charge in [0.1, 0.15) is 30.2 Å². The molecular weight excluding hydrogens is 435 g/mol. The molecule has 0 bridgehead atoms. The van der Waals surface area contributed by atoms with Gasteiger partial charge in [-0.2, -0.15) is 0 Å². The number of benzene rings is 2. The van der Waals surface area contributed by atoms with Crippen LogP contribution in [0.2, 0.25) is 0 Å². The lowest BCUT2D eigenvalue weighted by molar-refractivity contribution is -0.357. The molecule has 1 fully saturated rings. The summed E-state index contributed by atoms with van der Waals surface area (Å²) in [4.78, 5) is 2.05. The average molecular weight is 461 g/mol. The Morgan fingerprint density at radius 2 is 1.72 bits per heavy atom. The molecule has 32 heavy (non-hydrogen) atoms. The van der Waals surface area contributed by atoms with Crippen molar-refractivity contribution in [2.75, 3.05) is 6.61 Å². The van der Waals surface area contributed by atoms with Gasteiger partial charge in [0, 0.05) is 21.7 Å². The number of aryl methyl sites for hydroxylation is 1. The first kappa shape index (κ1) is 23.0. The number of thiophene rings is 1. The fourth-order valence-electron chi connectivity index (χ4n) is 3.91. The van der Waals surface area contributed by atoms with Gasteiger partial charge in [0.05, 0.1) is 6.61 Å². The molecule has 2 aromatic carbocycles. The van der Waals surface area contributed by atoms with Crippen molar-refractivity contribution in [2.45, 2.75) is 43.5 Å². The van der Waals surface area contributed by atoms with Crippen LogP contribution in [0.5, 0.6) is 0 Å². The topological polar surface area (TPSA) is 110 Å². The third kappa shape index (κ3) is 4.23. The number of aliphatic hydroxyl groups excluding tert-OH is 4. The van der Waals surface area contributed by atoms with E-state index < -0.39 is 36.8 Å². The zero-order valence-corrected chi connectivity index (χ0v) is 18.2. The van der Waals surface area contributed by atoms with Crippen molar-refractivity contribution >= 4 is 11.3 Å². The summed E-state index contributed by atoms with van der Waals surface area (Å²) in [6, 6.07) is 15.3. The Kier molecular flexibility index (Phi) is 6.46. The highest BCUT2D eigenvalue weighted by Crippen LogP contribution is 2.38. The first-order chi connectivity index (χ1) is 15.2. The largest absolute Gasteiger partial charge is 0.394 e. The standard InChI is InChI=1S/C24H25FO6S/c1-13-2-5-16(24(30)23(29)22(28)21(27)19(12-26)31-24)10-15(13)11-18-8-9-20(32-18)14-3-6-17(25)7-4-14/h2-10,19,21-23,26-30H,11-12H2,1H3/t19-,21-,22?,23-,24?/m1/s1. The van der Waals surface area contributed by atoms with E-state index in [4.69, 9.17) is 4.74 Å². The van der Waals surface area contributed by atoms with E-state index in [-0.39, 0.29) is 11.4 Å². The average Bonchev–Trinajstić information content (AvgIpc) is 3.25. The number of rotatable bonds is 5. The Balaban J connectivity index is 1.61. The second-order valence-electron chi connectivity index (χ2n) is 8.05. The molecule has 0 aliphatic carbocycles. The summed E-state index contributed by atoms with van der Waals surface area (Å²) in [5.41, 5.74) is 2.97. The summed E-state index contributed by atoms with van der Waals surface area (Å²) in [6.45, 7) is 1.29. The number of hydrogen-bond acceptors (Lipinski definition) is 7. The van der Waals surface area contributed by atoms with E-state index in [0.717, 1.165) is 26.4 Å². The summed E-state index contributed by atoms with van der Waals surface area (Å²) in [7, 11) is 0. The molecule has 3 aromatic rings. The molecule has 6 nitrogen and oxygen atoms in total. The van der Waals surface area contributed by atoms with Gasteiger partial charge >= 0.3 is 0 Å². The quantitative estimate of drug-likeness (QED) is 0.399. The van der Waals surface area contributed by atoms with Crippen LogP contribution >= 0.6 is 11.3 Å². The number of aliphatic hydroxyl groups is 5. The van der Waals surface area contributed by atoms with Gasteiger partial charge in [0.15, 0.2) is 0 Å². The minimum atomic E-state index is -2.29. The van der Waals surface area contributed by atoms with Gasteiger partial charge in [-0.15, -0.1) is 11.3 Å². The zero-order valence-electron chi connectivity index (χ0n) is 17.4. The molecule has 1 aliphatic rings. The van der Waals surface area contributed by atoms with Crippen LogP contribution in [0.3, 0.4) is 0 Å². The first-order valence-corrected chi connectivity index (χ1v) is 11.0. The van der Waals surface area contributed by atoms with E-state index in [0.29, 0.717) is 6.42 Å². The van der Waals surface area contributed by atoms with Crippen LogP contribution in [-0.2, 0) is 16.9 Å². The van der Waals surface area contributed by atoms with Gasteiger partial charge in [0.2, 0.25) is 5.79 Å². The fourth-order valence-corrected chi connectivity index (χ4v) is 4.94. The highest BCUT2D eigenvalue weighted by Gasteiger charge is 2.53. The number of ether oxygens (including phenoxy) is 1. The molecule has 4 rings (SSSR count). The van der Waals surface area contributed by atoms with Crippen LogP contribution in [0.1, 0.15) is 21.6 Å². The molecule has 0 spiro atoms. The molecule has 0 amide bonds. The lowest BCUT2D eigenvalue weighted by Crippen LogP contribution is -2.63. The number of halogens is 1. The Hall–Kier alpha value is -2.17. The van der Waals surface area contributed by atoms with E-state index in [9.17, 15) is 29.9 Å². The van der Waals surface area contributed by atoms with Crippen molar-refractivity contribution in [3.8, 4) is 10.4 Å². The van der Waals surface area contributed by atoms with E-state index in [1.54, 1.807) is 41.7 Å². The molecule has 5 N–H and O–H groups in total. The molecule has 1 aromatic heterocycles. The Morgan fingerprint density at radius 1 is 1.00 bits per heavy atom. The molecule has 1 saturated heterocycles. The fraction of sp³-hybridized carbons (Fsp3) is 0.333. The Labute approximate surface area is 188 Å².